The van der Waals surface area contributed by atoms with E-state index in [0.717, 1.165) is 0 Å². The van der Waals surface area contributed by atoms with Crippen molar-refractivity contribution in [3.05, 3.63) is 12.2 Å². The average molecular weight is 493 g/mol. The van der Waals surface area contributed by atoms with Crippen molar-refractivity contribution in [2.75, 3.05) is 6.61 Å². The normalized spacial score (nSPS) is 49.0. The Bertz CT molecular complexity index is 989. The van der Waals surface area contributed by atoms with Crippen molar-refractivity contribution < 1.29 is 43.5 Å². The highest BCUT2D eigenvalue weighted by atomic mass is 16.7. The molecule has 9 nitrogen and oxygen atoms in total. The Balaban J connectivity index is 1.80. The number of ether oxygens (including phenoxy) is 4. The summed E-state index contributed by atoms with van der Waals surface area (Å²) < 4.78 is 23.9. The van der Waals surface area contributed by atoms with Crippen molar-refractivity contribution in [2.45, 2.75) is 90.5 Å². The van der Waals surface area contributed by atoms with E-state index in [9.17, 15) is 24.6 Å². The Labute approximate surface area is 205 Å². The van der Waals surface area contributed by atoms with Gasteiger partial charge in [0.25, 0.3) is 0 Å². The van der Waals surface area contributed by atoms with Gasteiger partial charge in [-0.25, -0.2) is 0 Å². The van der Waals surface area contributed by atoms with E-state index < -0.39 is 76.2 Å². The fourth-order valence-electron chi connectivity index (χ4n) is 9.09. The molecule has 6 fully saturated rings. The molecule has 9 heteroatoms. The maximum absolute atomic E-state index is 12.3. The SMILES string of the molecule is C=C1[C@@H]2C[C@@H](OC(C)=O)[C@H]3[C@@]45CO[C@](O)([C@@H](O)[C@@H]4C(C)(C)CC[C@@H]5OC(C)=O)[C@]3(C2)[C@@H]1OC(C)=O. The molecule has 10 atom stereocenters. The van der Waals surface area contributed by atoms with Gasteiger partial charge in [0, 0.05) is 38.0 Å². The number of rotatable bonds is 3. The van der Waals surface area contributed by atoms with Gasteiger partial charge in [-0.15, -0.1) is 0 Å². The third-order valence-corrected chi connectivity index (χ3v) is 9.84. The molecule has 6 rings (SSSR count). The van der Waals surface area contributed by atoms with Gasteiger partial charge in [-0.3, -0.25) is 14.4 Å². The number of carbonyl (C=O) groups is 3. The molecule has 0 aromatic carbocycles. The fourth-order valence-corrected chi connectivity index (χ4v) is 9.09. The second-order valence-corrected chi connectivity index (χ2v) is 12.0. The summed E-state index contributed by atoms with van der Waals surface area (Å²) in [5.41, 5.74) is -2.13. The van der Waals surface area contributed by atoms with Crippen LogP contribution in [0.15, 0.2) is 12.2 Å². The van der Waals surface area contributed by atoms with Gasteiger partial charge in [0.15, 0.2) is 0 Å². The third kappa shape index (κ3) is 2.95. The molecule has 0 amide bonds. The van der Waals surface area contributed by atoms with Crippen molar-refractivity contribution in [2.24, 2.45) is 34.0 Å². The predicted molar refractivity (Wildman–Crippen MR) is 120 cm³/mol. The second-order valence-electron chi connectivity index (χ2n) is 12.0. The first-order valence-corrected chi connectivity index (χ1v) is 12.5. The van der Waals surface area contributed by atoms with Gasteiger partial charge in [0.2, 0.25) is 5.79 Å². The van der Waals surface area contributed by atoms with Gasteiger partial charge >= 0.3 is 17.9 Å². The minimum absolute atomic E-state index is 0.0146. The molecule has 4 saturated carbocycles. The minimum atomic E-state index is -2.07. The van der Waals surface area contributed by atoms with Crippen LogP contribution in [0.5, 0.6) is 0 Å². The summed E-state index contributed by atoms with van der Waals surface area (Å²) in [4.78, 5) is 36.8. The molecule has 2 heterocycles. The number of fused-ring (bicyclic) bond motifs is 2. The molecular formula is C26H36O9. The van der Waals surface area contributed by atoms with Gasteiger partial charge < -0.3 is 29.2 Å². The lowest BCUT2D eigenvalue weighted by Crippen LogP contribution is -2.85. The Morgan fingerprint density at radius 1 is 1.03 bits per heavy atom. The summed E-state index contributed by atoms with van der Waals surface area (Å²) in [5.74, 6) is -4.88. The van der Waals surface area contributed by atoms with Crippen LogP contribution in [0.2, 0.25) is 0 Å². The smallest absolute Gasteiger partial charge is 0.303 e. The summed E-state index contributed by atoms with van der Waals surface area (Å²) in [5, 5.41) is 24.2. The Kier molecular flexibility index (Phi) is 5.31. The van der Waals surface area contributed by atoms with E-state index in [1.54, 1.807) is 0 Å². The maximum Gasteiger partial charge on any atom is 0.303 e. The molecule has 0 radical (unpaired) electrons. The molecule has 4 bridgehead atoms. The van der Waals surface area contributed by atoms with E-state index in [0.29, 0.717) is 31.3 Å². The van der Waals surface area contributed by atoms with Crippen LogP contribution in [0.4, 0.5) is 0 Å². The molecule has 2 N–H and O–H groups in total. The number of aliphatic hydroxyl groups excluding tert-OH is 1. The summed E-state index contributed by atoms with van der Waals surface area (Å²) >= 11 is 0. The Morgan fingerprint density at radius 3 is 2.26 bits per heavy atom. The van der Waals surface area contributed by atoms with Crippen molar-refractivity contribution in [3.63, 3.8) is 0 Å². The number of esters is 3. The lowest BCUT2D eigenvalue weighted by atomic mass is 9.35. The monoisotopic (exact) mass is 492 g/mol. The van der Waals surface area contributed by atoms with Crippen molar-refractivity contribution >= 4 is 17.9 Å². The first-order chi connectivity index (χ1) is 16.2. The van der Waals surface area contributed by atoms with E-state index in [2.05, 4.69) is 6.58 Å². The second kappa shape index (κ2) is 7.52. The summed E-state index contributed by atoms with van der Waals surface area (Å²) in [6, 6.07) is 0. The van der Waals surface area contributed by atoms with Gasteiger partial charge in [-0.05, 0) is 42.6 Å². The number of carbonyl (C=O) groups excluding carboxylic acids is 3. The van der Waals surface area contributed by atoms with E-state index in [-0.39, 0.29) is 12.5 Å². The summed E-state index contributed by atoms with van der Waals surface area (Å²) in [7, 11) is 0. The first kappa shape index (κ1) is 24.7. The van der Waals surface area contributed by atoms with Gasteiger partial charge in [0.1, 0.15) is 24.4 Å². The van der Waals surface area contributed by atoms with Crippen molar-refractivity contribution in [1.29, 1.82) is 0 Å². The lowest BCUT2D eigenvalue weighted by molar-refractivity contribution is -0.472. The zero-order valence-corrected chi connectivity index (χ0v) is 21.0. The number of aliphatic hydroxyl groups is 2. The summed E-state index contributed by atoms with van der Waals surface area (Å²) in [6.07, 6.45) is -1.62. The van der Waals surface area contributed by atoms with Crippen LogP contribution in [0.1, 0.15) is 60.3 Å². The van der Waals surface area contributed by atoms with E-state index in [4.69, 9.17) is 18.9 Å². The molecule has 2 saturated heterocycles. The molecule has 2 spiro atoms. The molecule has 194 valence electrons. The Morgan fingerprint density at radius 2 is 1.66 bits per heavy atom. The van der Waals surface area contributed by atoms with E-state index in [1.165, 1.54) is 20.8 Å². The molecule has 4 aliphatic carbocycles. The highest BCUT2D eigenvalue weighted by Crippen LogP contribution is 2.78. The standard InChI is InChI=1S/C26H36O9/c1-12-16-9-17(33-13(2)27)19-24-11-32-26(31,25(19,10-16)22(12)35-15(4)29)21(30)20(24)23(5,6)8-7-18(24)34-14(3)28/h16-22,30-31H,1,7-11H2,2-6H3/t16-,17-,18+,19+,20-,21+,22-,24+,25+,26-/m1/s1. The van der Waals surface area contributed by atoms with Gasteiger partial charge in [-0.2, -0.15) is 0 Å². The van der Waals surface area contributed by atoms with Crippen LogP contribution < -0.4 is 0 Å². The third-order valence-electron chi connectivity index (χ3n) is 9.84. The number of hydrogen-bond acceptors (Lipinski definition) is 9. The molecule has 35 heavy (non-hydrogen) atoms. The topological polar surface area (TPSA) is 129 Å². The van der Waals surface area contributed by atoms with E-state index >= 15 is 0 Å². The largest absolute Gasteiger partial charge is 0.462 e. The highest BCUT2D eigenvalue weighted by Gasteiger charge is 2.87. The molecule has 6 aliphatic rings. The van der Waals surface area contributed by atoms with Crippen molar-refractivity contribution in [3.8, 4) is 0 Å². The minimum Gasteiger partial charge on any atom is -0.462 e. The average Bonchev–Trinajstić information content (AvgIpc) is 2.93. The fraction of sp³-hybridized carbons (Fsp3) is 0.808. The van der Waals surface area contributed by atoms with Gasteiger partial charge in [0.05, 0.1) is 12.0 Å². The number of hydrogen-bond donors (Lipinski definition) is 2. The van der Waals surface area contributed by atoms with Crippen LogP contribution in [0.25, 0.3) is 0 Å². The summed E-state index contributed by atoms with van der Waals surface area (Å²) in [6.45, 7) is 12.3. The first-order valence-electron chi connectivity index (χ1n) is 12.5. The molecule has 0 aromatic rings. The van der Waals surface area contributed by atoms with Crippen LogP contribution in [-0.4, -0.2) is 64.9 Å². The van der Waals surface area contributed by atoms with Crippen LogP contribution >= 0.6 is 0 Å². The quantitative estimate of drug-likeness (QED) is 0.345. The Hall–Kier alpha value is -1.97. The molecule has 0 unspecified atom stereocenters. The van der Waals surface area contributed by atoms with Crippen LogP contribution in [0.3, 0.4) is 0 Å². The zero-order chi connectivity index (χ0) is 25.7. The molecular weight excluding hydrogens is 456 g/mol. The van der Waals surface area contributed by atoms with Gasteiger partial charge in [-0.1, -0.05) is 20.4 Å². The highest BCUT2D eigenvalue weighted by molar-refractivity contribution is 5.68. The maximum atomic E-state index is 12.3. The van der Waals surface area contributed by atoms with E-state index in [1.807, 2.05) is 13.8 Å². The predicted octanol–water partition coefficient (Wildman–Crippen LogP) is 1.88. The molecule has 0 aromatic heterocycles. The zero-order valence-electron chi connectivity index (χ0n) is 21.0. The van der Waals surface area contributed by atoms with Crippen LogP contribution in [0, 0.1) is 34.0 Å². The van der Waals surface area contributed by atoms with Crippen LogP contribution in [-0.2, 0) is 33.3 Å². The van der Waals surface area contributed by atoms with Crippen molar-refractivity contribution in [1.82, 2.24) is 0 Å². The molecule has 2 aliphatic heterocycles. The lowest BCUT2D eigenvalue weighted by Gasteiger charge is -2.75.